The summed E-state index contributed by atoms with van der Waals surface area (Å²) < 4.78 is 0. The van der Waals surface area contributed by atoms with Gasteiger partial charge in [0.05, 0.1) is 5.56 Å². The van der Waals surface area contributed by atoms with Gasteiger partial charge in [0.1, 0.15) is 0 Å². The molecule has 0 bridgehead atoms. The summed E-state index contributed by atoms with van der Waals surface area (Å²) in [5, 5.41) is 6.16. The van der Waals surface area contributed by atoms with Crippen molar-refractivity contribution >= 4 is 17.3 Å². The monoisotopic (exact) mass is 292 g/mol. The van der Waals surface area contributed by atoms with Gasteiger partial charge >= 0.3 is 0 Å². The van der Waals surface area contributed by atoms with E-state index in [0.717, 1.165) is 38.3 Å². The summed E-state index contributed by atoms with van der Waals surface area (Å²) in [6.45, 7) is 10.7. The lowest BCUT2D eigenvalue weighted by Crippen LogP contribution is -2.30. The number of amides is 1. The Morgan fingerprint density at radius 2 is 2.00 bits per heavy atom. The van der Waals surface area contributed by atoms with E-state index in [1.165, 1.54) is 0 Å². The molecule has 0 aromatic heterocycles. The summed E-state index contributed by atoms with van der Waals surface area (Å²) in [7, 11) is 0. The van der Waals surface area contributed by atoms with E-state index in [9.17, 15) is 4.79 Å². The van der Waals surface area contributed by atoms with Crippen molar-refractivity contribution in [1.82, 2.24) is 10.2 Å². The summed E-state index contributed by atoms with van der Waals surface area (Å²) in [6.07, 6.45) is 1.15. The van der Waals surface area contributed by atoms with Crippen LogP contribution in [0.2, 0.25) is 0 Å². The zero-order chi connectivity index (χ0) is 15.7. The molecule has 0 aliphatic carbocycles. The minimum Gasteiger partial charge on any atom is -0.399 e. The molecule has 0 unspecified atom stereocenters. The van der Waals surface area contributed by atoms with E-state index in [1.807, 2.05) is 13.0 Å². The maximum Gasteiger partial charge on any atom is 0.253 e. The number of carbonyl (C=O) groups excluding carboxylic acids is 1. The van der Waals surface area contributed by atoms with E-state index < -0.39 is 0 Å². The predicted octanol–water partition coefficient (Wildman–Crippen LogP) is 2.16. The predicted molar refractivity (Wildman–Crippen MR) is 89.8 cm³/mol. The van der Waals surface area contributed by atoms with Crippen LogP contribution in [0.4, 0.5) is 11.4 Å². The number of anilines is 2. The largest absolute Gasteiger partial charge is 0.399 e. The molecule has 0 spiro atoms. The minimum absolute atomic E-state index is 0.0686. The lowest BCUT2D eigenvalue weighted by atomic mass is 10.1. The van der Waals surface area contributed by atoms with E-state index in [-0.39, 0.29) is 5.91 Å². The first-order valence-corrected chi connectivity index (χ1v) is 7.76. The van der Waals surface area contributed by atoms with Gasteiger partial charge in [0.2, 0.25) is 0 Å². The third kappa shape index (κ3) is 5.63. The molecule has 0 atom stereocenters. The third-order valence-electron chi connectivity index (χ3n) is 3.36. The minimum atomic E-state index is -0.0686. The summed E-state index contributed by atoms with van der Waals surface area (Å²) in [5.41, 5.74) is 7.93. The van der Waals surface area contributed by atoms with Gasteiger partial charge in [-0.25, -0.2) is 0 Å². The van der Waals surface area contributed by atoms with Crippen LogP contribution >= 0.6 is 0 Å². The van der Waals surface area contributed by atoms with Crippen molar-refractivity contribution in [2.24, 2.45) is 0 Å². The second-order valence-corrected chi connectivity index (χ2v) is 5.03. The fourth-order valence-electron chi connectivity index (χ4n) is 2.25. The molecule has 1 rings (SSSR count). The van der Waals surface area contributed by atoms with Gasteiger partial charge in [0.25, 0.3) is 5.91 Å². The SMILES string of the molecule is CCCN(CC)CCNc1cc(N)ccc1C(=O)NCC. The molecule has 118 valence electrons. The first-order chi connectivity index (χ1) is 10.1. The average Bonchev–Trinajstić information content (AvgIpc) is 2.46. The fraction of sp³-hybridized carbons (Fsp3) is 0.562. The smallest absolute Gasteiger partial charge is 0.253 e. The van der Waals surface area contributed by atoms with Gasteiger partial charge in [0.15, 0.2) is 0 Å². The first-order valence-electron chi connectivity index (χ1n) is 7.76. The molecule has 21 heavy (non-hydrogen) atoms. The normalized spacial score (nSPS) is 10.7. The van der Waals surface area contributed by atoms with Crippen LogP contribution in [0.25, 0.3) is 0 Å². The second kappa shape index (κ2) is 9.23. The summed E-state index contributed by atoms with van der Waals surface area (Å²) in [4.78, 5) is 14.4. The number of nitrogen functional groups attached to an aromatic ring is 1. The molecular weight excluding hydrogens is 264 g/mol. The van der Waals surface area contributed by atoms with Crippen LogP contribution in [-0.2, 0) is 0 Å². The topological polar surface area (TPSA) is 70.4 Å². The zero-order valence-electron chi connectivity index (χ0n) is 13.4. The number of benzene rings is 1. The highest BCUT2D eigenvalue weighted by molar-refractivity contribution is 6.00. The summed E-state index contributed by atoms with van der Waals surface area (Å²) in [5.74, 6) is -0.0686. The first kappa shape index (κ1) is 17.3. The number of rotatable bonds is 9. The second-order valence-electron chi connectivity index (χ2n) is 5.03. The van der Waals surface area contributed by atoms with Crippen LogP contribution in [0, 0.1) is 0 Å². The van der Waals surface area contributed by atoms with Crippen LogP contribution < -0.4 is 16.4 Å². The van der Waals surface area contributed by atoms with Crippen LogP contribution in [0.1, 0.15) is 37.6 Å². The number of nitrogens with zero attached hydrogens (tertiary/aromatic N) is 1. The average molecular weight is 292 g/mol. The Hall–Kier alpha value is -1.75. The maximum atomic E-state index is 12.0. The van der Waals surface area contributed by atoms with E-state index >= 15 is 0 Å². The lowest BCUT2D eigenvalue weighted by Gasteiger charge is -2.20. The van der Waals surface area contributed by atoms with Crippen molar-refractivity contribution in [1.29, 1.82) is 0 Å². The molecule has 5 nitrogen and oxygen atoms in total. The molecule has 0 fully saturated rings. The third-order valence-corrected chi connectivity index (χ3v) is 3.36. The molecule has 1 amide bonds. The molecule has 4 N–H and O–H groups in total. The van der Waals surface area contributed by atoms with E-state index in [1.54, 1.807) is 12.1 Å². The molecule has 1 aromatic carbocycles. The van der Waals surface area contributed by atoms with Gasteiger partial charge in [-0.3, -0.25) is 4.79 Å². The Kier molecular flexibility index (Phi) is 7.61. The number of nitrogens with two attached hydrogens (primary N) is 1. The van der Waals surface area contributed by atoms with Crippen LogP contribution in [0.15, 0.2) is 18.2 Å². The van der Waals surface area contributed by atoms with Crippen molar-refractivity contribution in [2.75, 3.05) is 43.8 Å². The Labute approximate surface area is 127 Å². The van der Waals surface area contributed by atoms with Crippen molar-refractivity contribution < 1.29 is 4.79 Å². The number of hydrogen-bond donors (Lipinski definition) is 3. The van der Waals surface area contributed by atoms with Gasteiger partial charge < -0.3 is 21.3 Å². The summed E-state index contributed by atoms with van der Waals surface area (Å²) >= 11 is 0. The van der Waals surface area contributed by atoms with Gasteiger partial charge in [-0.2, -0.15) is 0 Å². The highest BCUT2D eigenvalue weighted by Crippen LogP contribution is 2.19. The molecular formula is C16H28N4O. The number of hydrogen-bond acceptors (Lipinski definition) is 4. The molecule has 0 aliphatic heterocycles. The molecule has 0 saturated carbocycles. The van der Waals surface area contributed by atoms with Gasteiger partial charge in [0, 0.05) is 31.0 Å². The number of carbonyl (C=O) groups is 1. The number of likely N-dealkylation sites (N-methyl/N-ethyl adjacent to an activating group) is 1. The Bertz CT molecular complexity index is 448. The standard InChI is InChI=1S/C16H28N4O/c1-4-10-20(6-3)11-9-19-15-12-13(17)7-8-14(15)16(21)18-5-2/h7-8,12,19H,4-6,9-11,17H2,1-3H3,(H,18,21). The number of nitrogens with one attached hydrogen (secondary N) is 2. The van der Waals surface area contributed by atoms with Crippen molar-refractivity contribution in [2.45, 2.75) is 27.2 Å². The van der Waals surface area contributed by atoms with Crippen LogP contribution in [-0.4, -0.2) is 43.5 Å². The zero-order valence-corrected chi connectivity index (χ0v) is 13.4. The lowest BCUT2D eigenvalue weighted by molar-refractivity contribution is 0.0956. The van der Waals surface area contributed by atoms with E-state index in [4.69, 9.17) is 5.73 Å². The van der Waals surface area contributed by atoms with Crippen LogP contribution in [0.3, 0.4) is 0 Å². The van der Waals surface area contributed by atoms with Crippen molar-refractivity contribution in [3.05, 3.63) is 23.8 Å². The van der Waals surface area contributed by atoms with E-state index in [0.29, 0.717) is 17.8 Å². The summed E-state index contributed by atoms with van der Waals surface area (Å²) in [6, 6.07) is 5.35. The highest BCUT2D eigenvalue weighted by Gasteiger charge is 2.11. The Morgan fingerprint density at radius 1 is 1.24 bits per heavy atom. The van der Waals surface area contributed by atoms with Gasteiger partial charge in [-0.05, 0) is 44.6 Å². The molecule has 1 aromatic rings. The van der Waals surface area contributed by atoms with Gasteiger partial charge in [-0.1, -0.05) is 13.8 Å². The van der Waals surface area contributed by atoms with Crippen LogP contribution in [0.5, 0.6) is 0 Å². The quantitative estimate of drug-likeness (QED) is 0.610. The maximum absolute atomic E-state index is 12.0. The molecule has 0 heterocycles. The molecule has 0 saturated heterocycles. The molecule has 0 radical (unpaired) electrons. The fourth-order valence-corrected chi connectivity index (χ4v) is 2.25. The Morgan fingerprint density at radius 3 is 2.62 bits per heavy atom. The Balaban J connectivity index is 2.68. The van der Waals surface area contributed by atoms with Crippen molar-refractivity contribution in [3.8, 4) is 0 Å². The highest BCUT2D eigenvalue weighted by atomic mass is 16.1. The van der Waals surface area contributed by atoms with E-state index in [2.05, 4.69) is 29.4 Å². The molecule has 5 heteroatoms. The van der Waals surface area contributed by atoms with Gasteiger partial charge in [-0.15, -0.1) is 0 Å². The molecule has 0 aliphatic rings. The van der Waals surface area contributed by atoms with Crippen molar-refractivity contribution in [3.63, 3.8) is 0 Å².